The van der Waals surface area contributed by atoms with Gasteiger partial charge in [0.05, 0.1) is 23.4 Å². The van der Waals surface area contributed by atoms with Crippen molar-refractivity contribution in [1.29, 1.82) is 0 Å². The number of benzene rings is 1. The molecule has 0 amide bonds. The fourth-order valence-electron chi connectivity index (χ4n) is 0.925. The van der Waals surface area contributed by atoms with E-state index in [-0.39, 0.29) is 13.2 Å². The molecule has 0 aromatic heterocycles. The summed E-state index contributed by atoms with van der Waals surface area (Å²) in [6, 6.07) is 5.00. The van der Waals surface area contributed by atoms with Crippen molar-refractivity contribution in [3.63, 3.8) is 0 Å². The highest BCUT2D eigenvalue weighted by atomic mass is 35.5. The van der Waals surface area contributed by atoms with E-state index in [2.05, 4.69) is 5.32 Å². The highest BCUT2D eigenvalue weighted by Crippen LogP contribution is 2.25. The van der Waals surface area contributed by atoms with Crippen LogP contribution in [-0.2, 0) is 0 Å². The first-order valence-corrected chi connectivity index (χ1v) is 4.87. The highest BCUT2D eigenvalue weighted by Gasteiger charge is 2.04. The lowest BCUT2D eigenvalue weighted by molar-refractivity contribution is 0.105. The lowest BCUT2D eigenvalue weighted by Crippen LogP contribution is -2.23. The van der Waals surface area contributed by atoms with E-state index in [0.717, 1.165) is 0 Å². The Bertz CT molecular complexity index is 307. The SMILES string of the molecule is OCC(O)CNc1cc(Cl)ccc1Cl. The second-order valence-corrected chi connectivity index (χ2v) is 3.69. The summed E-state index contributed by atoms with van der Waals surface area (Å²) in [6.07, 6.45) is -0.801. The monoisotopic (exact) mass is 235 g/mol. The van der Waals surface area contributed by atoms with Crippen molar-refractivity contribution in [2.45, 2.75) is 6.10 Å². The Morgan fingerprint density at radius 1 is 1.36 bits per heavy atom. The van der Waals surface area contributed by atoms with E-state index in [1.54, 1.807) is 18.2 Å². The minimum absolute atomic E-state index is 0.233. The largest absolute Gasteiger partial charge is 0.394 e. The van der Waals surface area contributed by atoms with Crippen LogP contribution in [0.2, 0.25) is 10.0 Å². The molecule has 0 aliphatic rings. The summed E-state index contributed by atoms with van der Waals surface area (Å²) >= 11 is 11.6. The summed E-state index contributed by atoms with van der Waals surface area (Å²) in [5, 5.41) is 21.6. The topological polar surface area (TPSA) is 52.5 Å². The van der Waals surface area contributed by atoms with Crippen LogP contribution in [-0.4, -0.2) is 29.5 Å². The molecule has 14 heavy (non-hydrogen) atoms. The van der Waals surface area contributed by atoms with Gasteiger partial charge in [0.25, 0.3) is 0 Å². The zero-order valence-electron chi connectivity index (χ0n) is 7.37. The smallest absolute Gasteiger partial charge is 0.0942 e. The minimum atomic E-state index is -0.801. The standard InChI is InChI=1S/C9H11Cl2NO2/c10-6-1-2-8(11)9(3-6)12-4-7(14)5-13/h1-3,7,12-14H,4-5H2. The van der Waals surface area contributed by atoms with Crippen LogP contribution in [0.5, 0.6) is 0 Å². The van der Waals surface area contributed by atoms with Gasteiger partial charge in [-0.2, -0.15) is 0 Å². The van der Waals surface area contributed by atoms with E-state index in [0.29, 0.717) is 15.7 Å². The van der Waals surface area contributed by atoms with Crippen LogP contribution in [0, 0.1) is 0 Å². The molecule has 1 aromatic rings. The van der Waals surface area contributed by atoms with E-state index >= 15 is 0 Å². The molecule has 1 atom stereocenters. The summed E-state index contributed by atoms with van der Waals surface area (Å²) in [5.74, 6) is 0. The number of hydrogen-bond acceptors (Lipinski definition) is 3. The molecule has 0 fully saturated rings. The number of nitrogens with one attached hydrogen (secondary N) is 1. The van der Waals surface area contributed by atoms with Gasteiger partial charge in [0.1, 0.15) is 0 Å². The number of aliphatic hydroxyl groups excluding tert-OH is 2. The molecule has 0 saturated carbocycles. The minimum Gasteiger partial charge on any atom is -0.394 e. The van der Waals surface area contributed by atoms with Crippen molar-refractivity contribution in [2.24, 2.45) is 0 Å². The van der Waals surface area contributed by atoms with Crippen molar-refractivity contribution in [1.82, 2.24) is 0 Å². The summed E-state index contributed by atoms with van der Waals surface area (Å²) in [6.45, 7) is -0.0538. The Labute approximate surface area is 92.3 Å². The van der Waals surface area contributed by atoms with Gasteiger partial charge in [0.15, 0.2) is 0 Å². The fraction of sp³-hybridized carbons (Fsp3) is 0.333. The van der Waals surface area contributed by atoms with Gasteiger partial charge in [-0.15, -0.1) is 0 Å². The third-order valence-corrected chi connectivity index (χ3v) is 2.23. The Kier molecular flexibility index (Phi) is 4.48. The zero-order valence-corrected chi connectivity index (χ0v) is 8.89. The van der Waals surface area contributed by atoms with Crippen LogP contribution >= 0.6 is 23.2 Å². The predicted molar refractivity (Wildman–Crippen MR) is 58.0 cm³/mol. The van der Waals surface area contributed by atoms with Gasteiger partial charge >= 0.3 is 0 Å². The molecule has 78 valence electrons. The van der Waals surface area contributed by atoms with Gasteiger partial charge in [0.2, 0.25) is 0 Å². The van der Waals surface area contributed by atoms with Crippen molar-refractivity contribution in [3.05, 3.63) is 28.2 Å². The molecule has 0 bridgehead atoms. The van der Waals surface area contributed by atoms with Crippen LogP contribution in [0.4, 0.5) is 5.69 Å². The molecule has 3 nitrogen and oxygen atoms in total. The van der Waals surface area contributed by atoms with Crippen LogP contribution in [0.15, 0.2) is 18.2 Å². The van der Waals surface area contributed by atoms with Gasteiger partial charge in [-0.3, -0.25) is 0 Å². The molecular weight excluding hydrogens is 225 g/mol. The molecule has 1 unspecified atom stereocenters. The van der Waals surface area contributed by atoms with Crippen LogP contribution in [0.1, 0.15) is 0 Å². The number of anilines is 1. The first-order chi connectivity index (χ1) is 6.63. The molecule has 1 aromatic carbocycles. The number of aliphatic hydroxyl groups is 2. The van der Waals surface area contributed by atoms with E-state index in [4.69, 9.17) is 33.4 Å². The van der Waals surface area contributed by atoms with Gasteiger partial charge < -0.3 is 15.5 Å². The van der Waals surface area contributed by atoms with Gasteiger partial charge in [-0.05, 0) is 18.2 Å². The highest BCUT2D eigenvalue weighted by molar-refractivity contribution is 6.35. The van der Waals surface area contributed by atoms with Crippen LogP contribution < -0.4 is 5.32 Å². The molecular formula is C9H11Cl2NO2. The first kappa shape index (κ1) is 11.6. The molecule has 5 heteroatoms. The maximum atomic E-state index is 9.09. The lowest BCUT2D eigenvalue weighted by atomic mass is 10.3. The lowest BCUT2D eigenvalue weighted by Gasteiger charge is -2.11. The molecule has 1 rings (SSSR count). The Balaban J connectivity index is 2.62. The zero-order chi connectivity index (χ0) is 10.6. The number of halogens is 2. The van der Waals surface area contributed by atoms with Crippen LogP contribution in [0.25, 0.3) is 0 Å². The third-order valence-electron chi connectivity index (χ3n) is 1.67. The van der Waals surface area contributed by atoms with Gasteiger partial charge in [0, 0.05) is 11.6 Å². The van der Waals surface area contributed by atoms with Gasteiger partial charge in [-0.25, -0.2) is 0 Å². The second-order valence-electron chi connectivity index (χ2n) is 2.84. The number of rotatable bonds is 4. The summed E-state index contributed by atoms with van der Waals surface area (Å²) < 4.78 is 0. The summed E-state index contributed by atoms with van der Waals surface area (Å²) in [5.41, 5.74) is 0.645. The molecule has 0 aliphatic heterocycles. The van der Waals surface area contributed by atoms with Crippen molar-refractivity contribution >= 4 is 28.9 Å². The summed E-state index contributed by atoms with van der Waals surface area (Å²) in [4.78, 5) is 0. The molecule has 0 spiro atoms. The van der Waals surface area contributed by atoms with E-state index in [9.17, 15) is 0 Å². The van der Waals surface area contributed by atoms with E-state index in [1.807, 2.05) is 0 Å². The van der Waals surface area contributed by atoms with Crippen molar-refractivity contribution in [3.8, 4) is 0 Å². The second kappa shape index (κ2) is 5.41. The molecule has 0 heterocycles. The quantitative estimate of drug-likeness (QED) is 0.746. The fourth-order valence-corrected chi connectivity index (χ4v) is 1.28. The third kappa shape index (κ3) is 3.35. The molecule has 0 saturated heterocycles. The number of hydrogen-bond donors (Lipinski definition) is 3. The van der Waals surface area contributed by atoms with Crippen LogP contribution in [0.3, 0.4) is 0 Å². The van der Waals surface area contributed by atoms with Crippen molar-refractivity contribution < 1.29 is 10.2 Å². The maximum absolute atomic E-state index is 9.09. The maximum Gasteiger partial charge on any atom is 0.0942 e. The van der Waals surface area contributed by atoms with E-state index < -0.39 is 6.10 Å². The molecule has 3 N–H and O–H groups in total. The Morgan fingerprint density at radius 2 is 2.07 bits per heavy atom. The molecule has 0 aliphatic carbocycles. The Morgan fingerprint density at radius 3 is 2.71 bits per heavy atom. The average molecular weight is 236 g/mol. The predicted octanol–water partition coefficient (Wildman–Crippen LogP) is 1.76. The summed E-state index contributed by atoms with van der Waals surface area (Å²) in [7, 11) is 0. The first-order valence-electron chi connectivity index (χ1n) is 4.11. The van der Waals surface area contributed by atoms with Gasteiger partial charge in [-0.1, -0.05) is 23.2 Å². The normalized spacial score (nSPS) is 12.6. The van der Waals surface area contributed by atoms with Crippen molar-refractivity contribution in [2.75, 3.05) is 18.5 Å². The Hall–Kier alpha value is -0.480. The average Bonchev–Trinajstić information content (AvgIpc) is 2.19. The molecule has 0 radical (unpaired) electrons. The van der Waals surface area contributed by atoms with E-state index in [1.165, 1.54) is 0 Å².